The van der Waals surface area contributed by atoms with E-state index in [4.69, 9.17) is 10.1 Å². The van der Waals surface area contributed by atoms with Gasteiger partial charge in [0.25, 0.3) is 5.91 Å². The molecule has 2 aliphatic rings. The molecule has 0 saturated carbocycles. The van der Waals surface area contributed by atoms with E-state index < -0.39 is 11.7 Å². The molecule has 1 unspecified atom stereocenters. The standard InChI is InChI=1S/C21H27FN4O3/c1-16-20(28)26(14-17(23)4-3-13-27)15-21(29-16)7-11-25(12-8-21)10-6-19-18(22)5-2-9-24-19/h2-5,9,13,16,23H,6-8,10-12,14-15H2,1H3/b4-3-,23-17?. The van der Waals surface area contributed by atoms with Crippen molar-refractivity contribution < 1.29 is 18.7 Å². The van der Waals surface area contributed by atoms with Crippen LogP contribution in [0.2, 0.25) is 0 Å². The molecule has 1 amide bonds. The van der Waals surface area contributed by atoms with Crippen LogP contribution in [0.15, 0.2) is 30.5 Å². The minimum Gasteiger partial charge on any atom is -0.360 e. The van der Waals surface area contributed by atoms with Gasteiger partial charge in [-0.05, 0) is 44.1 Å². The van der Waals surface area contributed by atoms with Crippen LogP contribution >= 0.6 is 0 Å². The van der Waals surface area contributed by atoms with E-state index in [1.54, 1.807) is 24.1 Å². The van der Waals surface area contributed by atoms with E-state index in [1.165, 1.54) is 18.2 Å². The van der Waals surface area contributed by atoms with E-state index >= 15 is 0 Å². The van der Waals surface area contributed by atoms with E-state index in [0.717, 1.165) is 32.5 Å². The molecular weight excluding hydrogens is 375 g/mol. The van der Waals surface area contributed by atoms with Crippen molar-refractivity contribution in [1.29, 1.82) is 5.41 Å². The molecule has 7 nitrogen and oxygen atoms in total. The number of piperidine rings is 1. The van der Waals surface area contributed by atoms with Crippen molar-refractivity contribution in [3.63, 3.8) is 0 Å². The second kappa shape index (κ2) is 9.37. The highest BCUT2D eigenvalue weighted by atomic mass is 19.1. The van der Waals surface area contributed by atoms with Crippen molar-refractivity contribution in [1.82, 2.24) is 14.8 Å². The molecule has 3 rings (SSSR count). The van der Waals surface area contributed by atoms with E-state index in [-0.39, 0.29) is 24.0 Å². The molecule has 2 aliphatic heterocycles. The molecule has 29 heavy (non-hydrogen) atoms. The molecule has 8 heteroatoms. The van der Waals surface area contributed by atoms with Gasteiger partial charge in [0.1, 0.15) is 18.2 Å². The normalized spacial score (nSPS) is 22.3. The fourth-order valence-electron chi connectivity index (χ4n) is 4.02. The summed E-state index contributed by atoms with van der Waals surface area (Å²) < 4.78 is 19.9. The molecule has 156 valence electrons. The first kappa shape index (κ1) is 21.3. The van der Waals surface area contributed by atoms with Gasteiger partial charge < -0.3 is 19.9 Å². The number of likely N-dealkylation sites (tertiary alicyclic amines) is 1. The second-order valence-corrected chi connectivity index (χ2v) is 7.68. The minimum atomic E-state index is -0.555. The number of hydrogen-bond acceptors (Lipinski definition) is 6. The number of rotatable bonds is 7. The number of amides is 1. The van der Waals surface area contributed by atoms with Crippen molar-refractivity contribution in [3.8, 4) is 0 Å². The van der Waals surface area contributed by atoms with Gasteiger partial charge in [-0.1, -0.05) is 0 Å². The first-order valence-corrected chi connectivity index (χ1v) is 9.90. The Morgan fingerprint density at radius 3 is 2.90 bits per heavy atom. The van der Waals surface area contributed by atoms with Crippen LogP contribution in [0.3, 0.4) is 0 Å². The van der Waals surface area contributed by atoms with Crippen LogP contribution in [0, 0.1) is 11.2 Å². The lowest BCUT2D eigenvalue weighted by molar-refractivity contribution is -0.188. The van der Waals surface area contributed by atoms with Crippen LogP contribution < -0.4 is 0 Å². The first-order valence-electron chi connectivity index (χ1n) is 9.90. The quantitative estimate of drug-likeness (QED) is 0.426. The number of hydrogen-bond donors (Lipinski definition) is 1. The Kier molecular flexibility index (Phi) is 6.87. The highest BCUT2D eigenvalue weighted by Crippen LogP contribution is 2.33. The van der Waals surface area contributed by atoms with Crippen LogP contribution in [-0.4, -0.2) is 77.1 Å². The van der Waals surface area contributed by atoms with Gasteiger partial charge in [-0.2, -0.15) is 0 Å². The summed E-state index contributed by atoms with van der Waals surface area (Å²) in [6.45, 7) is 4.68. The van der Waals surface area contributed by atoms with Gasteiger partial charge in [-0.25, -0.2) is 4.39 Å². The van der Waals surface area contributed by atoms with Gasteiger partial charge in [0, 0.05) is 32.3 Å². The topological polar surface area (TPSA) is 86.6 Å². The number of morpholine rings is 1. The zero-order valence-corrected chi connectivity index (χ0v) is 16.6. The molecule has 0 aromatic carbocycles. The third-order valence-electron chi connectivity index (χ3n) is 5.57. The van der Waals surface area contributed by atoms with Crippen molar-refractivity contribution in [2.75, 3.05) is 32.7 Å². The zero-order valence-electron chi connectivity index (χ0n) is 16.6. The summed E-state index contributed by atoms with van der Waals surface area (Å²) >= 11 is 0. The number of nitrogens with zero attached hydrogens (tertiary/aromatic N) is 3. The van der Waals surface area contributed by atoms with Gasteiger partial charge in [0.05, 0.1) is 30.1 Å². The lowest BCUT2D eigenvalue weighted by Crippen LogP contribution is -2.62. The number of carbonyl (C=O) groups excluding carboxylic acids is 2. The molecule has 0 aliphatic carbocycles. The maximum Gasteiger partial charge on any atom is 0.251 e. The first-order chi connectivity index (χ1) is 13.9. The monoisotopic (exact) mass is 402 g/mol. The Labute approximate surface area is 170 Å². The maximum absolute atomic E-state index is 13.8. The predicted octanol–water partition coefficient (Wildman–Crippen LogP) is 1.62. The fourth-order valence-corrected chi connectivity index (χ4v) is 4.02. The molecule has 2 fully saturated rings. The Morgan fingerprint density at radius 1 is 1.45 bits per heavy atom. The molecule has 1 spiro atoms. The van der Waals surface area contributed by atoms with Crippen molar-refractivity contribution in [3.05, 3.63) is 42.0 Å². The van der Waals surface area contributed by atoms with Gasteiger partial charge in [-0.15, -0.1) is 0 Å². The molecular formula is C21H27FN4O3. The molecule has 1 atom stereocenters. The van der Waals surface area contributed by atoms with Crippen LogP contribution in [0.4, 0.5) is 4.39 Å². The number of aldehydes is 1. The van der Waals surface area contributed by atoms with Crippen LogP contribution in [0.25, 0.3) is 0 Å². The second-order valence-electron chi connectivity index (χ2n) is 7.68. The summed E-state index contributed by atoms with van der Waals surface area (Å²) in [7, 11) is 0. The average Bonchev–Trinajstić information content (AvgIpc) is 2.71. The van der Waals surface area contributed by atoms with Gasteiger partial charge in [0.2, 0.25) is 0 Å². The van der Waals surface area contributed by atoms with Crippen molar-refractivity contribution in [2.45, 2.75) is 37.9 Å². The lowest BCUT2D eigenvalue weighted by atomic mass is 9.88. The largest absolute Gasteiger partial charge is 0.360 e. The number of ether oxygens (including phenoxy) is 1. The third-order valence-corrected chi connectivity index (χ3v) is 5.57. The van der Waals surface area contributed by atoms with Crippen molar-refractivity contribution >= 4 is 17.9 Å². The number of aromatic nitrogens is 1. The molecule has 0 radical (unpaired) electrons. The van der Waals surface area contributed by atoms with Crippen LogP contribution in [-0.2, 0) is 20.7 Å². The van der Waals surface area contributed by atoms with Gasteiger partial charge >= 0.3 is 0 Å². The zero-order chi connectivity index (χ0) is 20.9. The summed E-state index contributed by atoms with van der Waals surface area (Å²) in [5, 5.41) is 7.95. The van der Waals surface area contributed by atoms with Crippen LogP contribution in [0.1, 0.15) is 25.5 Å². The smallest absolute Gasteiger partial charge is 0.251 e. The average molecular weight is 402 g/mol. The number of pyridine rings is 1. The minimum absolute atomic E-state index is 0.132. The summed E-state index contributed by atoms with van der Waals surface area (Å²) in [6.07, 6.45) is 6.43. The Morgan fingerprint density at radius 2 is 2.21 bits per heavy atom. The van der Waals surface area contributed by atoms with E-state index in [1.807, 2.05) is 0 Å². The molecule has 0 bridgehead atoms. The molecule has 2 saturated heterocycles. The van der Waals surface area contributed by atoms with Crippen molar-refractivity contribution in [2.24, 2.45) is 0 Å². The van der Waals surface area contributed by atoms with Crippen LogP contribution in [0.5, 0.6) is 0 Å². The summed E-state index contributed by atoms with van der Waals surface area (Å²) in [6, 6.07) is 3.02. The van der Waals surface area contributed by atoms with E-state index in [2.05, 4.69) is 9.88 Å². The van der Waals surface area contributed by atoms with E-state index in [0.29, 0.717) is 24.9 Å². The van der Waals surface area contributed by atoms with Gasteiger partial charge in [-0.3, -0.25) is 14.6 Å². The molecule has 1 N–H and O–H groups in total. The molecule has 3 heterocycles. The lowest BCUT2D eigenvalue weighted by Gasteiger charge is -2.49. The maximum atomic E-state index is 13.8. The summed E-state index contributed by atoms with van der Waals surface area (Å²) in [4.78, 5) is 30.9. The highest BCUT2D eigenvalue weighted by Gasteiger charge is 2.45. The fraction of sp³-hybridized carbons (Fsp3) is 0.524. The Hall–Kier alpha value is -2.45. The SMILES string of the molecule is CC1OC2(CCN(CCc3ncccc3F)CC2)CN(CC(=N)/C=C\C=O)C1=O. The predicted molar refractivity (Wildman–Crippen MR) is 106 cm³/mol. The Balaban J connectivity index is 1.56. The number of allylic oxidation sites excluding steroid dienone is 1. The summed E-state index contributed by atoms with van der Waals surface area (Å²) in [5.74, 6) is -0.404. The highest BCUT2D eigenvalue weighted by molar-refractivity contribution is 5.98. The third kappa shape index (κ3) is 5.33. The summed E-state index contributed by atoms with van der Waals surface area (Å²) in [5.41, 5.74) is 0.271. The number of nitrogens with one attached hydrogen (secondary N) is 1. The molecule has 1 aromatic heterocycles. The van der Waals surface area contributed by atoms with E-state index in [9.17, 15) is 14.0 Å². The van der Waals surface area contributed by atoms with Gasteiger partial charge in [0.15, 0.2) is 0 Å². The number of halogens is 1. The number of carbonyl (C=O) groups is 2. The molecule has 1 aromatic rings. The Bertz CT molecular complexity index is 790.